The minimum absolute atomic E-state index is 0.0743. The molecule has 3 aromatic carbocycles. The van der Waals surface area contributed by atoms with E-state index in [2.05, 4.69) is 0 Å². The molecule has 4 aromatic rings. The summed E-state index contributed by atoms with van der Waals surface area (Å²) in [7, 11) is -3.64. The fraction of sp³-hybridized carbons (Fsp3) is 0.231. The number of nitrogens with zero attached hydrogens (tertiary/aromatic N) is 2. The first-order chi connectivity index (χ1) is 16.9. The lowest BCUT2D eigenvalue weighted by Gasteiger charge is -2.15. The Labute approximate surface area is 202 Å². The maximum atomic E-state index is 12.9. The molecule has 0 spiro atoms. The highest BCUT2D eigenvalue weighted by atomic mass is 32.2. The summed E-state index contributed by atoms with van der Waals surface area (Å²) in [5.74, 6) is -0.367. The van der Waals surface area contributed by atoms with Crippen molar-refractivity contribution in [1.29, 1.82) is 0 Å². The third-order valence-electron chi connectivity index (χ3n) is 6.07. The van der Waals surface area contributed by atoms with Gasteiger partial charge in [0, 0.05) is 24.7 Å². The number of benzene rings is 3. The maximum absolute atomic E-state index is 12.9. The number of aromatic nitrogens is 1. The summed E-state index contributed by atoms with van der Waals surface area (Å²) in [5, 5.41) is 0. The zero-order valence-corrected chi connectivity index (χ0v) is 19.7. The minimum atomic E-state index is -3.64. The maximum Gasteiger partial charge on any atom is 0.420 e. The van der Waals surface area contributed by atoms with Gasteiger partial charge in [0.1, 0.15) is 12.4 Å². The van der Waals surface area contributed by atoms with Crippen LogP contribution in [-0.4, -0.2) is 36.2 Å². The van der Waals surface area contributed by atoms with Gasteiger partial charge >= 0.3 is 5.76 Å². The Morgan fingerprint density at radius 1 is 0.943 bits per heavy atom. The second-order valence-electron chi connectivity index (χ2n) is 8.42. The summed E-state index contributed by atoms with van der Waals surface area (Å²) in [4.78, 5) is 25.4. The molecule has 0 unspecified atom stereocenters. The predicted molar refractivity (Wildman–Crippen MR) is 130 cm³/mol. The summed E-state index contributed by atoms with van der Waals surface area (Å²) in [6.45, 7) is 1.15. The van der Waals surface area contributed by atoms with Crippen molar-refractivity contribution in [2.75, 3.05) is 13.1 Å². The third kappa shape index (κ3) is 4.78. The molecule has 1 aliphatic heterocycles. The first-order valence-electron chi connectivity index (χ1n) is 11.4. The lowest BCUT2D eigenvalue weighted by atomic mass is 10.1. The van der Waals surface area contributed by atoms with Gasteiger partial charge in [-0.25, -0.2) is 13.2 Å². The number of oxazole rings is 1. The van der Waals surface area contributed by atoms with Crippen LogP contribution in [0.3, 0.4) is 0 Å². The molecule has 0 aliphatic carbocycles. The molecule has 0 atom stereocenters. The molecular weight excluding hydrogens is 468 g/mol. The number of ether oxygens (including phenoxy) is 1. The number of sulfonamides is 1. The molecule has 35 heavy (non-hydrogen) atoms. The standard InChI is InChI=1S/C26H24N2O6S/c29-24(20-8-10-21(11-9-20)33-18-19-6-2-1-3-7-19)17-28-23-13-12-22(16-25(23)34-26(28)30)35(31,32)27-14-4-5-15-27/h1-3,6-13,16H,4-5,14-15,17-18H2. The van der Waals surface area contributed by atoms with E-state index in [4.69, 9.17) is 9.15 Å². The van der Waals surface area contributed by atoms with E-state index in [1.54, 1.807) is 24.3 Å². The third-order valence-corrected chi connectivity index (χ3v) is 7.96. The number of ketones is 1. The van der Waals surface area contributed by atoms with E-state index < -0.39 is 15.8 Å². The highest BCUT2D eigenvalue weighted by molar-refractivity contribution is 7.89. The van der Waals surface area contributed by atoms with Gasteiger partial charge in [-0.2, -0.15) is 4.31 Å². The van der Waals surface area contributed by atoms with Gasteiger partial charge in [-0.1, -0.05) is 30.3 Å². The summed E-state index contributed by atoms with van der Waals surface area (Å²) in [5.41, 5.74) is 1.96. The van der Waals surface area contributed by atoms with Crippen molar-refractivity contribution in [1.82, 2.24) is 8.87 Å². The van der Waals surface area contributed by atoms with Crippen molar-refractivity contribution >= 4 is 26.9 Å². The van der Waals surface area contributed by atoms with Gasteiger partial charge in [0.15, 0.2) is 11.4 Å². The van der Waals surface area contributed by atoms with Crippen LogP contribution in [0.4, 0.5) is 0 Å². The molecule has 1 aromatic heterocycles. The van der Waals surface area contributed by atoms with Crippen LogP contribution < -0.4 is 10.5 Å². The zero-order valence-electron chi connectivity index (χ0n) is 18.9. The Balaban J connectivity index is 1.31. The molecule has 1 fully saturated rings. The van der Waals surface area contributed by atoms with Gasteiger partial charge < -0.3 is 9.15 Å². The van der Waals surface area contributed by atoms with E-state index in [-0.39, 0.29) is 22.8 Å². The van der Waals surface area contributed by atoms with Crippen molar-refractivity contribution in [3.63, 3.8) is 0 Å². The summed E-state index contributed by atoms with van der Waals surface area (Å²) in [6, 6.07) is 20.8. The molecule has 0 N–H and O–H groups in total. The molecule has 1 aliphatic rings. The van der Waals surface area contributed by atoms with Crippen LogP contribution in [0.25, 0.3) is 11.1 Å². The highest BCUT2D eigenvalue weighted by Crippen LogP contribution is 2.24. The fourth-order valence-corrected chi connectivity index (χ4v) is 5.68. The second-order valence-corrected chi connectivity index (χ2v) is 10.4. The van der Waals surface area contributed by atoms with Gasteiger partial charge in [-0.15, -0.1) is 0 Å². The number of carbonyl (C=O) groups excluding carboxylic acids is 1. The lowest BCUT2D eigenvalue weighted by Crippen LogP contribution is -2.27. The number of carbonyl (C=O) groups is 1. The van der Waals surface area contributed by atoms with Gasteiger partial charge in [-0.3, -0.25) is 9.36 Å². The molecular formula is C26H24N2O6S. The van der Waals surface area contributed by atoms with Gasteiger partial charge in [0.2, 0.25) is 10.0 Å². The Morgan fingerprint density at radius 2 is 1.66 bits per heavy atom. The number of hydrogen-bond acceptors (Lipinski definition) is 6. The van der Waals surface area contributed by atoms with Crippen molar-refractivity contribution in [2.45, 2.75) is 30.9 Å². The van der Waals surface area contributed by atoms with E-state index in [0.717, 1.165) is 18.4 Å². The molecule has 1 saturated heterocycles. The van der Waals surface area contributed by atoms with Crippen LogP contribution in [0.2, 0.25) is 0 Å². The quantitative estimate of drug-likeness (QED) is 0.347. The van der Waals surface area contributed by atoms with Crippen molar-refractivity contribution < 1.29 is 22.4 Å². The van der Waals surface area contributed by atoms with Crippen LogP contribution in [0.1, 0.15) is 28.8 Å². The van der Waals surface area contributed by atoms with E-state index in [9.17, 15) is 18.0 Å². The molecule has 180 valence electrons. The predicted octanol–water partition coefficient (Wildman–Crippen LogP) is 3.84. The van der Waals surface area contributed by atoms with Crippen molar-refractivity contribution in [2.24, 2.45) is 0 Å². The molecule has 2 heterocycles. The summed E-state index contributed by atoms with van der Waals surface area (Å²) in [6.07, 6.45) is 1.66. The largest absolute Gasteiger partial charge is 0.489 e. The molecule has 0 saturated carbocycles. The monoisotopic (exact) mass is 492 g/mol. The van der Waals surface area contributed by atoms with E-state index in [1.165, 1.54) is 27.1 Å². The number of rotatable bonds is 8. The van der Waals surface area contributed by atoms with Crippen LogP contribution in [0.5, 0.6) is 5.75 Å². The normalized spacial score (nSPS) is 14.4. The van der Waals surface area contributed by atoms with Crippen LogP contribution in [0, 0.1) is 0 Å². The summed E-state index contributed by atoms with van der Waals surface area (Å²) < 4.78 is 39.3. The minimum Gasteiger partial charge on any atom is -0.489 e. The Hall–Kier alpha value is -3.69. The smallest absolute Gasteiger partial charge is 0.420 e. The molecule has 0 bridgehead atoms. The Kier molecular flexibility index (Phi) is 6.27. The van der Waals surface area contributed by atoms with E-state index in [1.807, 2.05) is 30.3 Å². The van der Waals surface area contributed by atoms with Crippen LogP contribution >= 0.6 is 0 Å². The first kappa shape index (κ1) is 23.1. The fourth-order valence-electron chi connectivity index (χ4n) is 4.15. The number of Topliss-reactive ketones (excluding diaryl/α,β-unsaturated/α-hetero) is 1. The van der Waals surface area contributed by atoms with Crippen molar-refractivity contribution in [3.05, 3.63) is 94.5 Å². The molecule has 0 amide bonds. The molecule has 0 radical (unpaired) electrons. The zero-order chi connectivity index (χ0) is 24.4. The molecule has 8 nitrogen and oxygen atoms in total. The topological polar surface area (TPSA) is 98.8 Å². The Bertz CT molecular complexity index is 1520. The second kappa shape index (κ2) is 9.52. The van der Waals surface area contributed by atoms with E-state index in [0.29, 0.717) is 36.5 Å². The SMILES string of the molecule is O=C(Cn1c(=O)oc2cc(S(=O)(=O)N3CCCC3)ccc21)c1ccc(OCc2ccccc2)cc1. The summed E-state index contributed by atoms with van der Waals surface area (Å²) >= 11 is 0. The number of hydrogen-bond donors (Lipinski definition) is 0. The van der Waals surface area contributed by atoms with Crippen molar-refractivity contribution in [3.8, 4) is 5.75 Å². The van der Waals surface area contributed by atoms with Gasteiger partial charge in [-0.05, 0) is 54.8 Å². The molecule has 9 heteroatoms. The van der Waals surface area contributed by atoms with Crippen LogP contribution in [0.15, 0.2) is 86.9 Å². The van der Waals surface area contributed by atoms with E-state index >= 15 is 0 Å². The highest BCUT2D eigenvalue weighted by Gasteiger charge is 2.28. The van der Waals surface area contributed by atoms with Crippen LogP contribution in [-0.2, 0) is 23.2 Å². The van der Waals surface area contributed by atoms with Gasteiger partial charge in [0.25, 0.3) is 0 Å². The molecule has 5 rings (SSSR count). The van der Waals surface area contributed by atoms with Gasteiger partial charge in [0.05, 0.1) is 17.0 Å². The lowest BCUT2D eigenvalue weighted by molar-refractivity contribution is 0.0970. The Morgan fingerprint density at radius 3 is 2.37 bits per heavy atom. The average molecular weight is 493 g/mol. The number of fused-ring (bicyclic) bond motifs is 1. The first-order valence-corrected chi connectivity index (χ1v) is 12.8. The average Bonchev–Trinajstić information content (AvgIpc) is 3.52.